The average molecular weight is 427 g/mol. The molecule has 5 nitrogen and oxygen atoms in total. The molecular formula is C27H26N2O3. The molecule has 1 amide bonds. The molecule has 0 saturated carbocycles. The summed E-state index contributed by atoms with van der Waals surface area (Å²) in [4.78, 5) is 16.9. The first-order chi connectivity index (χ1) is 15.5. The van der Waals surface area contributed by atoms with E-state index in [0.29, 0.717) is 12.4 Å². The second kappa shape index (κ2) is 9.10. The maximum Gasteiger partial charge on any atom is 0.249 e. The zero-order chi connectivity index (χ0) is 22.7. The van der Waals surface area contributed by atoms with Crippen molar-refractivity contribution in [1.82, 2.24) is 4.98 Å². The molecule has 0 unspecified atom stereocenters. The molecule has 0 spiro atoms. The third kappa shape index (κ3) is 4.28. The van der Waals surface area contributed by atoms with Crippen LogP contribution in [0.1, 0.15) is 30.5 Å². The molecule has 0 atom stereocenters. The smallest absolute Gasteiger partial charge is 0.249 e. The van der Waals surface area contributed by atoms with Crippen LogP contribution in [0.15, 0.2) is 71.5 Å². The molecule has 4 aromatic rings. The number of aromatic nitrogens is 1. The molecule has 0 saturated heterocycles. The number of anilines is 1. The van der Waals surface area contributed by atoms with Crippen molar-refractivity contribution in [2.75, 3.05) is 11.9 Å². The lowest BCUT2D eigenvalue weighted by Crippen LogP contribution is -2.10. The van der Waals surface area contributed by atoms with Gasteiger partial charge in [-0.3, -0.25) is 4.79 Å². The molecule has 2 heterocycles. The number of nitrogens with one attached hydrogen (secondary N) is 1. The molecule has 162 valence electrons. The van der Waals surface area contributed by atoms with E-state index in [9.17, 15) is 4.79 Å². The second-order valence-electron chi connectivity index (χ2n) is 7.74. The third-order valence-electron chi connectivity index (χ3n) is 5.35. The highest BCUT2D eigenvalue weighted by atomic mass is 16.5. The molecule has 2 aromatic carbocycles. The van der Waals surface area contributed by atoms with Crippen LogP contribution in [0, 0.1) is 13.8 Å². The van der Waals surface area contributed by atoms with E-state index in [2.05, 4.69) is 22.4 Å². The first-order valence-electron chi connectivity index (χ1n) is 10.6. The largest absolute Gasteiger partial charge is 0.493 e. The van der Waals surface area contributed by atoms with Gasteiger partial charge >= 0.3 is 0 Å². The van der Waals surface area contributed by atoms with E-state index in [1.807, 2.05) is 58.0 Å². The van der Waals surface area contributed by atoms with Crippen molar-refractivity contribution in [1.29, 1.82) is 0 Å². The first kappa shape index (κ1) is 21.4. The number of hydrogen-bond acceptors (Lipinski definition) is 4. The first-order valence-corrected chi connectivity index (χ1v) is 10.6. The quantitative estimate of drug-likeness (QED) is 0.355. The van der Waals surface area contributed by atoms with Crippen LogP contribution in [0.2, 0.25) is 0 Å². The van der Waals surface area contributed by atoms with Gasteiger partial charge in [-0.15, -0.1) is 0 Å². The van der Waals surface area contributed by atoms with Crippen molar-refractivity contribution < 1.29 is 13.9 Å². The fourth-order valence-electron chi connectivity index (χ4n) is 3.76. The van der Waals surface area contributed by atoms with Crippen LogP contribution in [0.5, 0.6) is 5.75 Å². The second-order valence-corrected chi connectivity index (χ2v) is 7.74. The molecule has 0 radical (unpaired) electrons. The number of benzene rings is 2. The van der Waals surface area contributed by atoms with E-state index in [4.69, 9.17) is 9.15 Å². The van der Waals surface area contributed by atoms with Crippen LogP contribution in [-0.2, 0) is 4.79 Å². The molecule has 0 aliphatic carbocycles. The van der Waals surface area contributed by atoms with Crippen LogP contribution in [0.3, 0.4) is 0 Å². The van der Waals surface area contributed by atoms with Gasteiger partial charge in [0.05, 0.1) is 12.9 Å². The number of pyridine rings is 1. The van der Waals surface area contributed by atoms with E-state index in [-0.39, 0.29) is 5.91 Å². The fraction of sp³-hybridized carbons (Fsp3) is 0.185. The van der Waals surface area contributed by atoms with E-state index < -0.39 is 0 Å². The van der Waals surface area contributed by atoms with Gasteiger partial charge in [0.1, 0.15) is 17.2 Å². The summed E-state index contributed by atoms with van der Waals surface area (Å²) < 4.78 is 11.9. The Morgan fingerprint density at radius 1 is 1.16 bits per heavy atom. The average Bonchev–Trinajstić information content (AvgIpc) is 3.22. The molecule has 0 aliphatic rings. The summed E-state index contributed by atoms with van der Waals surface area (Å²) in [5, 5.41) is 3.81. The molecule has 1 N–H and O–H groups in total. The van der Waals surface area contributed by atoms with Gasteiger partial charge in [0, 0.05) is 34.3 Å². The number of fused-ring (bicyclic) bond motifs is 1. The summed E-state index contributed by atoms with van der Waals surface area (Å²) >= 11 is 0. The number of allylic oxidation sites excluding steroid dienone is 1. The lowest BCUT2D eigenvalue weighted by molar-refractivity contribution is -0.111. The maximum absolute atomic E-state index is 12.7. The minimum Gasteiger partial charge on any atom is -0.493 e. The summed E-state index contributed by atoms with van der Waals surface area (Å²) in [5.41, 5.74) is 6.48. The van der Waals surface area contributed by atoms with Crippen molar-refractivity contribution in [2.24, 2.45) is 0 Å². The van der Waals surface area contributed by atoms with Gasteiger partial charge in [-0.05, 0) is 56.5 Å². The number of carbonyl (C=O) groups is 1. The Morgan fingerprint density at radius 3 is 2.62 bits per heavy atom. The minimum atomic E-state index is -0.241. The van der Waals surface area contributed by atoms with E-state index >= 15 is 0 Å². The Balaban J connectivity index is 1.77. The maximum atomic E-state index is 12.7. The number of nitrogens with zero attached hydrogens (tertiary/aromatic N) is 1. The SMILES string of the molecule is CCOc1c(/C(C)=C/C(=O)Nc2ccc(C)cn2)cc2c(-c3ccccc3)coc2c1C. The monoisotopic (exact) mass is 426 g/mol. The van der Waals surface area contributed by atoms with Gasteiger partial charge in [-0.1, -0.05) is 36.4 Å². The van der Waals surface area contributed by atoms with E-state index in [1.54, 1.807) is 24.6 Å². The lowest BCUT2D eigenvalue weighted by Gasteiger charge is -2.15. The van der Waals surface area contributed by atoms with Gasteiger partial charge in [0.15, 0.2) is 0 Å². The number of amides is 1. The Labute approximate surface area is 187 Å². The highest BCUT2D eigenvalue weighted by molar-refractivity contribution is 6.05. The molecule has 0 fully saturated rings. The Hall–Kier alpha value is -3.86. The summed E-state index contributed by atoms with van der Waals surface area (Å²) in [6, 6.07) is 15.9. The number of carbonyl (C=O) groups excluding carboxylic acids is 1. The normalized spacial score (nSPS) is 11.6. The van der Waals surface area contributed by atoms with Crippen LogP contribution in [0.25, 0.3) is 27.7 Å². The molecule has 0 bridgehead atoms. The molecule has 0 aliphatic heterocycles. The molecule has 5 heteroatoms. The zero-order valence-electron chi connectivity index (χ0n) is 18.7. The van der Waals surface area contributed by atoms with Gasteiger partial charge in [0.25, 0.3) is 0 Å². The van der Waals surface area contributed by atoms with Crippen LogP contribution < -0.4 is 10.1 Å². The van der Waals surface area contributed by atoms with E-state index in [0.717, 1.165) is 50.1 Å². The van der Waals surface area contributed by atoms with Crippen molar-refractivity contribution >= 4 is 28.3 Å². The standard InChI is InChI=1S/C27H26N2O3/c1-5-31-26-19(4)27-22(23(16-32-27)20-9-7-6-8-10-20)14-21(26)18(3)13-25(30)29-24-12-11-17(2)15-28-24/h6-16H,5H2,1-4H3,(H,28,29,30)/b18-13+. The fourth-order valence-corrected chi connectivity index (χ4v) is 3.76. The van der Waals surface area contributed by atoms with Crippen LogP contribution in [-0.4, -0.2) is 17.5 Å². The predicted octanol–water partition coefficient (Wildman–Crippen LogP) is 6.55. The van der Waals surface area contributed by atoms with Crippen molar-refractivity contribution in [3.8, 4) is 16.9 Å². The lowest BCUT2D eigenvalue weighted by atomic mass is 9.96. The predicted molar refractivity (Wildman–Crippen MR) is 129 cm³/mol. The number of rotatable bonds is 6. The number of hydrogen-bond donors (Lipinski definition) is 1. The van der Waals surface area contributed by atoms with Gasteiger partial charge in [-0.2, -0.15) is 0 Å². The minimum absolute atomic E-state index is 0.241. The Bertz CT molecular complexity index is 1290. The number of furan rings is 1. The van der Waals surface area contributed by atoms with Crippen LogP contribution >= 0.6 is 0 Å². The van der Waals surface area contributed by atoms with Gasteiger partial charge in [-0.25, -0.2) is 4.98 Å². The zero-order valence-corrected chi connectivity index (χ0v) is 18.7. The van der Waals surface area contributed by atoms with Gasteiger partial charge in [0.2, 0.25) is 5.91 Å². The Morgan fingerprint density at radius 2 is 1.94 bits per heavy atom. The molecule has 4 rings (SSSR count). The third-order valence-corrected chi connectivity index (χ3v) is 5.35. The summed E-state index contributed by atoms with van der Waals surface area (Å²) in [7, 11) is 0. The number of ether oxygens (including phenoxy) is 1. The van der Waals surface area contributed by atoms with E-state index in [1.165, 1.54) is 0 Å². The van der Waals surface area contributed by atoms with Crippen molar-refractivity contribution in [3.05, 3.63) is 83.8 Å². The Kier molecular flexibility index (Phi) is 6.08. The molecule has 2 aromatic heterocycles. The number of aryl methyl sites for hydroxylation is 2. The topological polar surface area (TPSA) is 64.4 Å². The highest BCUT2D eigenvalue weighted by Crippen LogP contribution is 2.40. The van der Waals surface area contributed by atoms with Gasteiger partial charge < -0.3 is 14.5 Å². The summed E-state index contributed by atoms with van der Waals surface area (Å²) in [6.45, 7) is 8.31. The van der Waals surface area contributed by atoms with Crippen molar-refractivity contribution in [3.63, 3.8) is 0 Å². The summed E-state index contributed by atoms with van der Waals surface area (Å²) in [6.07, 6.45) is 5.08. The highest BCUT2D eigenvalue weighted by Gasteiger charge is 2.19. The van der Waals surface area contributed by atoms with Crippen LogP contribution in [0.4, 0.5) is 5.82 Å². The van der Waals surface area contributed by atoms with Crippen molar-refractivity contribution in [2.45, 2.75) is 27.7 Å². The molecule has 32 heavy (non-hydrogen) atoms. The molecular weight excluding hydrogens is 400 g/mol. The summed E-state index contributed by atoms with van der Waals surface area (Å²) in [5.74, 6) is 1.00.